The van der Waals surface area contributed by atoms with Crippen molar-refractivity contribution in [2.45, 2.75) is 0 Å². The summed E-state index contributed by atoms with van der Waals surface area (Å²) >= 11 is 5.27. The predicted octanol–water partition coefficient (Wildman–Crippen LogP) is 2.33. The standard InChI is InChI=1S/C12H11N5S/c1-16-7-10(13-8-16)11-14-15-12(18)17(11)9-5-3-2-4-6-9/h2-8H,1H3,(H,15,18). The number of nitrogens with one attached hydrogen (secondary N) is 1. The first-order valence-electron chi connectivity index (χ1n) is 5.47. The third kappa shape index (κ3) is 1.76. The van der Waals surface area contributed by atoms with Gasteiger partial charge in [-0.05, 0) is 24.4 Å². The number of H-pyrrole nitrogens is 1. The second-order valence-electron chi connectivity index (χ2n) is 3.95. The quantitative estimate of drug-likeness (QED) is 0.717. The van der Waals surface area contributed by atoms with E-state index >= 15 is 0 Å². The number of rotatable bonds is 2. The Labute approximate surface area is 109 Å². The maximum absolute atomic E-state index is 5.27. The van der Waals surface area contributed by atoms with Crippen molar-refractivity contribution in [2.24, 2.45) is 7.05 Å². The molecule has 2 heterocycles. The van der Waals surface area contributed by atoms with Crippen LogP contribution in [0.2, 0.25) is 0 Å². The van der Waals surface area contributed by atoms with E-state index in [1.165, 1.54) is 0 Å². The van der Waals surface area contributed by atoms with E-state index in [9.17, 15) is 0 Å². The van der Waals surface area contributed by atoms with Crippen LogP contribution >= 0.6 is 12.2 Å². The summed E-state index contributed by atoms with van der Waals surface area (Å²) in [5.41, 5.74) is 1.76. The van der Waals surface area contributed by atoms with Crippen LogP contribution in [0.1, 0.15) is 0 Å². The van der Waals surface area contributed by atoms with Gasteiger partial charge in [-0.2, -0.15) is 5.10 Å². The average Bonchev–Trinajstić information content (AvgIpc) is 2.96. The van der Waals surface area contributed by atoms with E-state index in [0.717, 1.165) is 11.4 Å². The van der Waals surface area contributed by atoms with Crippen molar-refractivity contribution in [3.63, 3.8) is 0 Å². The van der Waals surface area contributed by atoms with Gasteiger partial charge in [0.15, 0.2) is 10.6 Å². The Morgan fingerprint density at radius 2 is 2.00 bits per heavy atom. The minimum atomic E-state index is 0.557. The molecule has 18 heavy (non-hydrogen) atoms. The Morgan fingerprint density at radius 1 is 1.22 bits per heavy atom. The number of aryl methyl sites for hydroxylation is 1. The maximum atomic E-state index is 5.27. The minimum Gasteiger partial charge on any atom is -0.340 e. The molecule has 0 radical (unpaired) electrons. The summed E-state index contributed by atoms with van der Waals surface area (Å²) < 4.78 is 4.31. The second kappa shape index (κ2) is 4.23. The lowest BCUT2D eigenvalue weighted by Crippen LogP contribution is -1.97. The normalized spacial score (nSPS) is 10.7. The maximum Gasteiger partial charge on any atom is 0.200 e. The number of benzene rings is 1. The highest BCUT2D eigenvalue weighted by Gasteiger charge is 2.12. The number of para-hydroxylation sites is 1. The van der Waals surface area contributed by atoms with Crippen LogP contribution in [0.3, 0.4) is 0 Å². The lowest BCUT2D eigenvalue weighted by atomic mass is 10.3. The topological polar surface area (TPSA) is 51.4 Å². The van der Waals surface area contributed by atoms with Crippen molar-refractivity contribution >= 4 is 12.2 Å². The number of hydrogen-bond donors (Lipinski definition) is 1. The van der Waals surface area contributed by atoms with E-state index in [2.05, 4.69) is 15.2 Å². The van der Waals surface area contributed by atoms with E-state index in [4.69, 9.17) is 12.2 Å². The van der Waals surface area contributed by atoms with Crippen LogP contribution in [0.15, 0.2) is 42.9 Å². The molecule has 0 spiro atoms. The summed E-state index contributed by atoms with van der Waals surface area (Å²) in [7, 11) is 1.92. The first-order valence-corrected chi connectivity index (χ1v) is 5.88. The Morgan fingerprint density at radius 3 is 2.67 bits per heavy atom. The van der Waals surface area contributed by atoms with Crippen molar-refractivity contribution in [3.8, 4) is 17.2 Å². The van der Waals surface area contributed by atoms with Crippen molar-refractivity contribution in [1.82, 2.24) is 24.3 Å². The molecule has 0 atom stereocenters. The van der Waals surface area contributed by atoms with Crippen molar-refractivity contribution in [1.29, 1.82) is 0 Å². The number of hydrogen-bond acceptors (Lipinski definition) is 3. The highest BCUT2D eigenvalue weighted by molar-refractivity contribution is 7.71. The van der Waals surface area contributed by atoms with E-state index < -0.39 is 0 Å². The Bertz CT molecular complexity index is 722. The van der Waals surface area contributed by atoms with Crippen LogP contribution in [0.5, 0.6) is 0 Å². The van der Waals surface area contributed by atoms with E-state index in [-0.39, 0.29) is 0 Å². The molecule has 90 valence electrons. The molecular formula is C12H11N5S. The molecule has 0 fully saturated rings. The van der Waals surface area contributed by atoms with E-state index in [1.807, 2.05) is 52.7 Å². The van der Waals surface area contributed by atoms with Gasteiger partial charge in [0.1, 0.15) is 5.69 Å². The summed E-state index contributed by atoms with van der Waals surface area (Å²) in [6.07, 6.45) is 3.65. The monoisotopic (exact) mass is 257 g/mol. The summed E-state index contributed by atoms with van der Waals surface area (Å²) in [5.74, 6) is 0.715. The molecule has 0 amide bonds. The highest BCUT2D eigenvalue weighted by atomic mass is 32.1. The van der Waals surface area contributed by atoms with Gasteiger partial charge in [-0.15, -0.1) is 0 Å². The number of aromatic amines is 1. The summed E-state index contributed by atoms with van der Waals surface area (Å²) in [5, 5.41) is 7.06. The average molecular weight is 257 g/mol. The predicted molar refractivity (Wildman–Crippen MR) is 71.0 cm³/mol. The fourth-order valence-electron chi connectivity index (χ4n) is 1.81. The summed E-state index contributed by atoms with van der Waals surface area (Å²) in [6, 6.07) is 9.86. The molecule has 0 aliphatic heterocycles. The fraction of sp³-hybridized carbons (Fsp3) is 0.0833. The van der Waals surface area contributed by atoms with Crippen molar-refractivity contribution in [3.05, 3.63) is 47.6 Å². The molecule has 0 aliphatic rings. The zero-order chi connectivity index (χ0) is 12.5. The van der Waals surface area contributed by atoms with E-state index in [1.54, 1.807) is 6.33 Å². The van der Waals surface area contributed by atoms with Crippen LogP contribution in [0, 0.1) is 4.77 Å². The molecule has 6 heteroatoms. The Kier molecular flexibility index (Phi) is 2.56. The Hall–Kier alpha value is -2.21. The third-order valence-corrected chi connectivity index (χ3v) is 2.89. The molecule has 3 rings (SSSR count). The van der Waals surface area contributed by atoms with E-state index in [0.29, 0.717) is 10.6 Å². The van der Waals surface area contributed by atoms with Crippen LogP contribution in [0.4, 0.5) is 0 Å². The fourth-order valence-corrected chi connectivity index (χ4v) is 2.05. The zero-order valence-corrected chi connectivity index (χ0v) is 10.6. The highest BCUT2D eigenvalue weighted by Crippen LogP contribution is 2.19. The van der Waals surface area contributed by atoms with Gasteiger partial charge >= 0.3 is 0 Å². The Balaban J connectivity index is 2.22. The molecule has 0 unspecified atom stereocenters. The molecule has 1 N–H and O–H groups in total. The second-order valence-corrected chi connectivity index (χ2v) is 4.33. The third-order valence-electron chi connectivity index (χ3n) is 2.62. The number of aromatic nitrogens is 5. The van der Waals surface area contributed by atoms with Crippen LogP contribution in [-0.4, -0.2) is 24.3 Å². The van der Waals surface area contributed by atoms with Crippen molar-refractivity contribution < 1.29 is 0 Å². The molecule has 0 saturated carbocycles. The number of imidazole rings is 1. The molecule has 0 bridgehead atoms. The van der Waals surface area contributed by atoms with Gasteiger partial charge in [-0.25, -0.2) is 4.98 Å². The minimum absolute atomic E-state index is 0.557. The largest absolute Gasteiger partial charge is 0.340 e. The molecule has 1 aromatic carbocycles. The van der Waals surface area contributed by atoms with Crippen molar-refractivity contribution in [2.75, 3.05) is 0 Å². The molecule has 2 aromatic heterocycles. The lowest BCUT2D eigenvalue weighted by molar-refractivity contribution is 0.913. The van der Waals surface area contributed by atoms with Crippen LogP contribution in [-0.2, 0) is 7.05 Å². The molecule has 0 aliphatic carbocycles. The van der Waals surface area contributed by atoms with Gasteiger partial charge in [0.25, 0.3) is 0 Å². The lowest BCUT2D eigenvalue weighted by Gasteiger charge is -2.04. The zero-order valence-electron chi connectivity index (χ0n) is 9.74. The molecule has 3 aromatic rings. The number of nitrogens with zero attached hydrogens (tertiary/aromatic N) is 4. The summed E-state index contributed by atoms with van der Waals surface area (Å²) in [6.45, 7) is 0. The molecule has 0 saturated heterocycles. The molecule has 5 nitrogen and oxygen atoms in total. The van der Waals surface area contributed by atoms with Crippen LogP contribution in [0.25, 0.3) is 17.2 Å². The van der Waals surface area contributed by atoms with Gasteiger partial charge in [-0.1, -0.05) is 18.2 Å². The first kappa shape index (κ1) is 10.9. The van der Waals surface area contributed by atoms with Gasteiger partial charge in [0.05, 0.1) is 12.0 Å². The van der Waals surface area contributed by atoms with Gasteiger partial charge in [-0.3, -0.25) is 9.67 Å². The van der Waals surface area contributed by atoms with Gasteiger partial charge in [0, 0.05) is 13.2 Å². The van der Waals surface area contributed by atoms with Crippen LogP contribution < -0.4 is 0 Å². The van der Waals surface area contributed by atoms with Gasteiger partial charge in [0.2, 0.25) is 0 Å². The molecular weight excluding hydrogens is 246 g/mol. The summed E-state index contributed by atoms with van der Waals surface area (Å²) in [4.78, 5) is 4.30. The van der Waals surface area contributed by atoms with Gasteiger partial charge < -0.3 is 4.57 Å². The first-order chi connectivity index (χ1) is 8.75. The SMILES string of the molecule is Cn1cnc(-c2n[nH]c(=S)n2-c2ccccc2)c1. The smallest absolute Gasteiger partial charge is 0.200 e.